The number of ether oxygens (including phenoxy) is 2. The van der Waals surface area contributed by atoms with Crippen LogP contribution in [0.15, 0.2) is 28.8 Å². The minimum atomic E-state index is -0.0550. The van der Waals surface area contributed by atoms with Gasteiger partial charge < -0.3 is 19.3 Å². The molecule has 0 unspecified atom stereocenters. The van der Waals surface area contributed by atoms with Crippen LogP contribution in [0.5, 0.6) is 11.5 Å². The second-order valence-electron chi connectivity index (χ2n) is 5.83. The molecule has 1 N–H and O–H groups in total. The normalized spacial score (nSPS) is 11.3. The Labute approximate surface area is 125 Å². The van der Waals surface area contributed by atoms with Crippen molar-refractivity contribution >= 4 is 5.82 Å². The average Bonchev–Trinajstić information content (AvgIpc) is 2.93. The van der Waals surface area contributed by atoms with Crippen LogP contribution in [0, 0.1) is 0 Å². The zero-order valence-corrected chi connectivity index (χ0v) is 13.2. The molecule has 0 amide bonds. The van der Waals surface area contributed by atoms with Crippen LogP contribution in [-0.2, 0) is 12.0 Å². The molecule has 0 spiro atoms. The Morgan fingerprint density at radius 3 is 2.52 bits per heavy atom. The molecular weight excluding hydrogens is 268 g/mol. The molecule has 2 rings (SSSR count). The Hall–Kier alpha value is -2.17. The van der Waals surface area contributed by atoms with Crippen molar-refractivity contribution in [1.29, 1.82) is 0 Å². The van der Waals surface area contributed by atoms with E-state index in [1.807, 2.05) is 24.3 Å². The zero-order chi connectivity index (χ0) is 15.5. The average molecular weight is 290 g/mol. The minimum absolute atomic E-state index is 0.0550. The van der Waals surface area contributed by atoms with Crippen LogP contribution in [0.2, 0.25) is 0 Å². The van der Waals surface area contributed by atoms with Crippen LogP contribution in [0.25, 0.3) is 0 Å². The van der Waals surface area contributed by atoms with Crippen LogP contribution in [0.4, 0.5) is 5.82 Å². The summed E-state index contributed by atoms with van der Waals surface area (Å²) in [5.74, 6) is 3.01. The monoisotopic (exact) mass is 290 g/mol. The van der Waals surface area contributed by atoms with E-state index in [1.165, 1.54) is 0 Å². The van der Waals surface area contributed by atoms with Crippen molar-refractivity contribution in [3.05, 3.63) is 35.6 Å². The number of benzene rings is 1. The van der Waals surface area contributed by atoms with Crippen molar-refractivity contribution in [2.75, 3.05) is 19.5 Å². The first-order valence-electron chi connectivity index (χ1n) is 6.86. The van der Waals surface area contributed by atoms with Crippen LogP contribution < -0.4 is 14.8 Å². The zero-order valence-electron chi connectivity index (χ0n) is 13.2. The van der Waals surface area contributed by atoms with Gasteiger partial charge in [0.1, 0.15) is 5.76 Å². The molecule has 0 atom stereocenters. The lowest BCUT2D eigenvalue weighted by atomic mass is 9.93. The number of hydrogen-bond donors (Lipinski definition) is 1. The molecule has 0 aliphatic rings. The number of para-hydroxylation sites is 1. The molecule has 2 aromatic rings. The fourth-order valence-electron chi connectivity index (χ4n) is 1.99. The lowest BCUT2D eigenvalue weighted by Crippen LogP contribution is -2.09. The molecule has 0 saturated heterocycles. The number of anilines is 1. The van der Waals surface area contributed by atoms with E-state index in [-0.39, 0.29) is 5.41 Å². The highest BCUT2D eigenvalue weighted by Crippen LogP contribution is 2.31. The fraction of sp³-hybridized carbons (Fsp3) is 0.438. The Morgan fingerprint density at radius 2 is 1.95 bits per heavy atom. The van der Waals surface area contributed by atoms with Crippen LogP contribution in [-0.4, -0.2) is 19.4 Å². The van der Waals surface area contributed by atoms with E-state index in [4.69, 9.17) is 14.0 Å². The van der Waals surface area contributed by atoms with Gasteiger partial charge in [0.25, 0.3) is 0 Å². The first kappa shape index (κ1) is 15.2. The molecule has 21 heavy (non-hydrogen) atoms. The quantitative estimate of drug-likeness (QED) is 0.911. The van der Waals surface area contributed by atoms with E-state index < -0.39 is 0 Å². The summed E-state index contributed by atoms with van der Waals surface area (Å²) in [5.41, 5.74) is 0.942. The maximum atomic E-state index is 5.41. The highest BCUT2D eigenvalue weighted by atomic mass is 16.5. The Kier molecular flexibility index (Phi) is 4.40. The third-order valence-electron chi connectivity index (χ3n) is 3.19. The van der Waals surface area contributed by atoms with Crippen molar-refractivity contribution in [2.24, 2.45) is 0 Å². The molecule has 114 valence electrons. The van der Waals surface area contributed by atoms with Gasteiger partial charge in [-0.1, -0.05) is 38.1 Å². The van der Waals surface area contributed by atoms with E-state index in [2.05, 4.69) is 31.2 Å². The van der Waals surface area contributed by atoms with E-state index in [1.54, 1.807) is 14.2 Å². The van der Waals surface area contributed by atoms with Crippen LogP contribution in [0.1, 0.15) is 32.1 Å². The summed E-state index contributed by atoms with van der Waals surface area (Å²) in [5, 5.41) is 7.28. The summed E-state index contributed by atoms with van der Waals surface area (Å²) in [6.07, 6.45) is 0. The van der Waals surface area contributed by atoms with Gasteiger partial charge in [0.2, 0.25) is 0 Å². The summed E-state index contributed by atoms with van der Waals surface area (Å²) >= 11 is 0. The van der Waals surface area contributed by atoms with Crippen molar-refractivity contribution in [3.63, 3.8) is 0 Å². The summed E-state index contributed by atoms with van der Waals surface area (Å²) in [4.78, 5) is 0. The number of aromatic nitrogens is 1. The van der Waals surface area contributed by atoms with E-state index in [0.29, 0.717) is 18.1 Å². The molecule has 0 aliphatic carbocycles. The highest BCUT2D eigenvalue weighted by Gasteiger charge is 2.19. The molecule has 0 fully saturated rings. The molecule has 1 aromatic heterocycles. The maximum Gasteiger partial charge on any atom is 0.169 e. The lowest BCUT2D eigenvalue weighted by Gasteiger charge is -2.13. The SMILES string of the molecule is COc1cccc(CNc2cc(C(C)(C)C)on2)c1OC. The number of rotatable bonds is 5. The predicted molar refractivity (Wildman–Crippen MR) is 82.1 cm³/mol. The van der Waals surface area contributed by atoms with E-state index in [0.717, 1.165) is 17.1 Å². The summed E-state index contributed by atoms with van der Waals surface area (Å²) in [6, 6.07) is 7.71. The Balaban J connectivity index is 2.11. The molecule has 1 aromatic carbocycles. The summed E-state index contributed by atoms with van der Waals surface area (Å²) in [6.45, 7) is 6.84. The van der Waals surface area contributed by atoms with E-state index >= 15 is 0 Å². The Morgan fingerprint density at radius 1 is 1.19 bits per heavy atom. The second-order valence-corrected chi connectivity index (χ2v) is 5.83. The van der Waals surface area contributed by atoms with Gasteiger partial charge >= 0.3 is 0 Å². The topological polar surface area (TPSA) is 56.5 Å². The fourth-order valence-corrected chi connectivity index (χ4v) is 1.99. The smallest absolute Gasteiger partial charge is 0.169 e. The highest BCUT2D eigenvalue weighted by molar-refractivity contribution is 5.48. The minimum Gasteiger partial charge on any atom is -0.493 e. The largest absolute Gasteiger partial charge is 0.493 e. The van der Waals surface area contributed by atoms with Gasteiger partial charge in [-0.25, -0.2) is 0 Å². The van der Waals surface area contributed by atoms with Gasteiger partial charge in [-0.15, -0.1) is 0 Å². The van der Waals surface area contributed by atoms with Gasteiger partial charge in [-0.2, -0.15) is 0 Å². The lowest BCUT2D eigenvalue weighted by molar-refractivity contribution is 0.330. The predicted octanol–water partition coefficient (Wildman–Crippen LogP) is 3.60. The van der Waals surface area contributed by atoms with Gasteiger partial charge in [0.05, 0.1) is 14.2 Å². The van der Waals surface area contributed by atoms with Crippen molar-refractivity contribution in [2.45, 2.75) is 32.7 Å². The molecular formula is C16H22N2O3. The molecule has 1 heterocycles. The van der Waals surface area contributed by atoms with Crippen molar-refractivity contribution in [1.82, 2.24) is 5.16 Å². The molecule has 5 nitrogen and oxygen atoms in total. The maximum absolute atomic E-state index is 5.41. The third-order valence-corrected chi connectivity index (χ3v) is 3.19. The molecule has 5 heteroatoms. The summed E-state index contributed by atoms with van der Waals surface area (Å²) in [7, 11) is 3.26. The molecule has 0 radical (unpaired) electrons. The number of hydrogen-bond acceptors (Lipinski definition) is 5. The second kappa shape index (κ2) is 6.08. The third kappa shape index (κ3) is 3.48. The molecule has 0 bridgehead atoms. The standard InChI is InChI=1S/C16H22N2O3/c1-16(2,3)13-9-14(18-21-13)17-10-11-7-6-8-12(19-4)15(11)20-5/h6-9H,10H2,1-5H3,(H,17,18). The first-order valence-corrected chi connectivity index (χ1v) is 6.86. The van der Waals surface area contributed by atoms with E-state index in [9.17, 15) is 0 Å². The number of nitrogens with zero attached hydrogens (tertiary/aromatic N) is 1. The Bertz CT molecular complexity index is 600. The molecule has 0 aliphatic heterocycles. The van der Waals surface area contributed by atoms with Gasteiger partial charge in [-0.05, 0) is 6.07 Å². The van der Waals surface area contributed by atoms with Crippen molar-refractivity contribution in [3.8, 4) is 11.5 Å². The number of methoxy groups -OCH3 is 2. The van der Waals surface area contributed by atoms with Gasteiger partial charge in [0, 0.05) is 23.6 Å². The van der Waals surface area contributed by atoms with Crippen LogP contribution in [0.3, 0.4) is 0 Å². The van der Waals surface area contributed by atoms with Crippen LogP contribution >= 0.6 is 0 Å². The van der Waals surface area contributed by atoms with Gasteiger partial charge in [0.15, 0.2) is 17.3 Å². The molecule has 0 saturated carbocycles. The number of nitrogens with one attached hydrogen (secondary N) is 1. The first-order chi connectivity index (χ1) is 9.95. The van der Waals surface area contributed by atoms with Crippen molar-refractivity contribution < 1.29 is 14.0 Å². The summed E-state index contributed by atoms with van der Waals surface area (Å²) < 4.78 is 16.0. The van der Waals surface area contributed by atoms with Gasteiger partial charge in [-0.3, -0.25) is 0 Å².